The Morgan fingerprint density at radius 2 is 1.87 bits per heavy atom. The number of nitrogens with zero attached hydrogens (tertiary/aromatic N) is 2. The Balaban J connectivity index is 1.40. The quantitative estimate of drug-likeness (QED) is 0.464. The van der Waals surface area contributed by atoms with Crippen molar-refractivity contribution in [1.29, 1.82) is 0 Å². The molecule has 3 aromatic rings. The largest absolute Gasteiger partial charge is 0.425 e. The third-order valence-electron chi connectivity index (χ3n) is 4.56. The van der Waals surface area contributed by atoms with Crippen LogP contribution in [0.15, 0.2) is 66.0 Å². The molecule has 0 radical (unpaired) electrons. The lowest BCUT2D eigenvalue weighted by Gasteiger charge is -2.28. The van der Waals surface area contributed by atoms with Crippen molar-refractivity contribution in [2.24, 2.45) is 0 Å². The van der Waals surface area contributed by atoms with Crippen molar-refractivity contribution in [3.63, 3.8) is 0 Å². The average molecular weight is 422 g/mol. The number of hydrogen-bond donors (Lipinski definition) is 0. The SMILES string of the molecule is CN(C(=O)c1cccs1)c1ccc(OC(=O)CN2CC(=O)Oc3ccccc32)cc1. The molecule has 0 atom stereocenters. The van der Waals surface area contributed by atoms with E-state index in [4.69, 9.17) is 9.47 Å². The Morgan fingerprint density at radius 1 is 1.10 bits per heavy atom. The third-order valence-corrected chi connectivity index (χ3v) is 5.42. The molecule has 0 saturated carbocycles. The predicted octanol–water partition coefficient (Wildman–Crippen LogP) is 3.36. The van der Waals surface area contributed by atoms with Crippen LogP contribution < -0.4 is 19.3 Å². The number of esters is 2. The van der Waals surface area contributed by atoms with Gasteiger partial charge in [-0.05, 0) is 47.8 Å². The number of rotatable bonds is 5. The summed E-state index contributed by atoms with van der Waals surface area (Å²) >= 11 is 1.38. The van der Waals surface area contributed by atoms with E-state index in [1.807, 2.05) is 17.5 Å². The normalized spacial score (nSPS) is 12.7. The van der Waals surface area contributed by atoms with E-state index >= 15 is 0 Å². The number of ether oxygens (including phenoxy) is 2. The van der Waals surface area contributed by atoms with E-state index in [0.29, 0.717) is 27.8 Å². The molecule has 0 spiro atoms. The monoisotopic (exact) mass is 422 g/mol. The van der Waals surface area contributed by atoms with E-state index in [1.54, 1.807) is 60.5 Å². The van der Waals surface area contributed by atoms with Crippen LogP contribution in [0.2, 0.25) is 0 Å². The lowest BCUT2D eigenvalue weighted by atomic mass is 10.2. The highest BCUT2D eigenvalue weighted by Crippen LogP contribution is 2.31. The minimum Gasteiger partial charge on any atom is -0.425 e. The van der Waals surface area contributed by atoms with E-state index in [2.05, 4.69) is 0 Å². The van der Waals surface area contributed by atoms with Gasteiger partial charge in [0.05, 0.1) is 10.6 Å². The van der Waals surface area contributed by atoms with E-state index in [0.717, 1.165) is 0 Å². The second-order valence-electron chi connectivity index (χ2n) is 6.61. The molecule has 1 aliphatic rings. The molecular weight excluding hydrogens is 404 g/mol. The first-order chi connectivity index (χ1) is 14.5. The minimum absolute atomic E-state index is 0.0271. The summed E-state index contributed by atoms with van der Waals surface area (Å²) in [5.41, 5.74) is 1.35. The number of carbonyl (C=O) groups is 3. The van der Waals surface area contributed by atoms with Gasteiger partial charge in [0, 0.05) is 12.7 Å². The number of fused-ring (bicyclic) bond motifs is 1. The van der Waals surface area contributed by atoms with Crippen LogP contribution in [0.25, 0.3) is 0 Å². The van der Waals surface area contributed by atoms with Gasteiger partial charge in [0.15, 0.2) is 5.75 Å². The van der Waals surface area contributed by atoms with Crippen molar-refractivity contribution < 1.29 is 23.9 Å². The first-order valence-corrected chi connectivity index (χ1v) is 10.1. The highest BCUT2D eigenvalue weighted by molar-refractivity contribution is 7.12. The van der Waals surface area contributed by atoms with Gasteiger partial charge >= 0.3 is 11.9 Å². The molecule has 0 unspecified atom stereocenters. The first-order valence-electron chi connectivity index (χ1n) is 9.18. The standard InChI is InChI=1S/C22H18N2O5S/c1-23(22(27)19-7-4-12-30-19)15-8-10-16(11-9-15)28-20(25)13-24-14-21(26)29-18-6-3-2-5-17(18)24/h2-12H,13-14H2,1H3. The number of para-hydroxylation sites is 2. The highest BCUT2D eigenvalue weighted by atomic mass is 32.1. The second kappa shape index (κ2) is 8.38. The Hall–Kier alpha value is -3.65. The number of anilines is 2. The Labute approximate surface area is 177 Å². The van der Waals surface area contributed by atoms with Gasteiger partial charge in [0.25, 0.3) is 5.91 Å². The van der Waals surface area contributed by atoms with E-state index in [-0.39, 0.29) is 19.0 Å². The van der Waals surface area contributed by atoms with E-state index in [1.165, 1.54) is 16.2 Å². The van der Waals surface area contributed by atoms with Gasteiger partial charge in [-0.3, -0.25) is 4.79 Å². The summed E-state index contributed by atoms with van der Waals surface area (Å²) in [4.78, 5) is 40.4. The number of benzene rings is 2. The molecule has 30 heavy (non-hydrogen) atoms. The molecule has 4 rings (SSSR count). The maximum absolute atomic E-state index is 12.4. The number of hydrogen-bond acceptors (Lipinski definition) is 7. The Kier molecular flexibility index (Phi) is 5.49. The van der Waals surface area contributed by atoms with Crippen LogP contribution in [0.5, 0.6) is 11.5 Å². The molecule has 1 aromatic heterocycles. The molecule has 1 aliphatic heterocycles. The van der Waals surface area contributed by atoms with E-state index < -0.39 is 11.9 Å². The van der Waals surface area contributed by atoms with Crippen LogP contribution in [0.4, 0.5) is 11.4 Å². The maximum atomic E-state index is 12.4. The van der Waals surface area contributed by atoms with Crippen LogP contribution in [-0.4, -0.2) is 38.0 Å². The summed E-state index contributed by atoms with van der Waals surface area (Å²) in [6.45, 7) is -0.120. The second-order valence-corrected chi connectivity index (χ2v) is 7.55. The smallest absolute Gasteiger partial charge is 0.331 e. The number of thiophene rings is 1. The third kappa shape index (κ3) is 4.18. The minimum atomic E-state index is -0.504. The van der Waals surface area contributed by atoms with Gasteiger partial charge in [-0.1, -0.05) is 18.2 Å². The molecule has 152 valence electrons. The van der Waals surface area contributed by atoms with Gasteiger partial charge in [-0.25, -0.2) is 9.59 Å². The molecule has 2 aromatic carbocycles. The van der Waals surface area contributed by atoms with Gasteiger partial charge in [-0.2, -0.15) is 0 Å². The molecule has 1 amide bonds. The zero-order chi connectivity index (χ0) is 21.1. The lowest BCUT2D eigenvalue weighted by Crippen LogP contribution is -2.41. The highest BCUT2D eigenvalue weighted by Gasteiger charge is 2.26. The molecule has 0 bridgehead atoms. The first kappa shape index (κ1) is 19.7. The Bertz CT molecular complexity index is 1080. The topological polar surface area (TPSA) is 76.2 Å². The van der Waals surface area contributed by atoms with Gasteiger partial charge in [0.1, 0.15) is 18.8 Å². The van der Waals surface area contributed by atoms with Crippen LogP contribution in [0.1, 0.15) is 9.67 Å². The molecule has 0 fully saturated rings. The maximum Gasteiger partial charge on any atom is 0.331 e. The molecule has 2 heterocycles. The van der Waals surface area contributed by atoms with E-state index in [9.17, 15) is 14.4 Å². The summed E-state index contributed by atoms with van der Waals surface area (Å²) in [5.74, 6) is -0.261. The van der Waals surface area contributed by atoms with Crippen LogP contribution in [-0.2, 0) is 9.59 Å². The molecule has 0 N–H and O–H groups in total. The van der Waals surface area contributed by atoms with Crippen molar-refractivity contribution in [3.05, 3.63) is 70.9 Å². The zero-order valence-electron chi connectivity index (χ0n) is 16.1. The van der Waals surface area contributed by atoms with Crippen LogP contribution in [0, 0.1) is 0 Å². The molecule has 7 nitrogen and oxygen atoms in total. The number of amides is 1. The summed E-state index contributed by atoms with van der Waals surface area (Å²) in [6, 6.07) is 17.3. The summed E-state index contributed by atoms with van der Waals surface area (Å²) in [5, 5.41) is 1.85. The summed E-state index contributed by atoms with van der Waals surface area (Å²) in [7, 11) is 1.69. The predicted molar refractivity (Wildman–Crippen MR) is 113 cm³/mol. The fourth-order valence-electron chi connectivity index (χ4n) is 3.08. The van der Waals surface area contributed by atoms with Crippen molar-refractivity contribution in [2.75, 3.05) is 29.9 Å². The van der Waals surface area contributed by atoms with Gasteiger partial charge in [-0.15, -0.1) is 11.3 Å². The fourth-order valence-corrected chi connectivity index (χ4v) is 3.78. The van der Waals surface area contributed by atoms with Gasteiger partial charge < -0.3 is 19.3 Å². The van der Waals surface area contributed by atoms with Crippen molar-refractivity contribution in [1.82, 2.24) is 0 Å². The van der Waals surface area contributed by atoms with Crippen molar-refractivity contribution in [3.8, 4) is 11.5 Å². The number of carbonyl (C=O) groups excluding carboxylic acids is 3. The molecular formula is C22H18N2O5S. The fraction of sp³-hybridized carbons (Fsp3) is 0.136. The van der Waals surface area contributed by atoms with Crippen LogP contribution in [0.3, 0.4) is 0 Å². The molecule has 8 heteroatoms. The average Bonchev–Trinajstić information content (AvgIpc) is 3.28. The zero-order valence-corrected chi connectivity index (χ0v) is 16.9. The lowest BCUT2D eigenvalue weighted by molar-refractivity contribution is -0.134. The Morgan fingerprint density at radius 3 is 2.60 bits per heavy atom. The van der Waals surface area contributed by atoms with Gasteiger partial charge in [0.2, 0.25) is 0 Å². The van der Waals surface area contributed by atoms with Crippen molar-refractivity contribution in [2.45, 2.75) is 0 Å². The molecule has 0 saturated heterocycles. The summed E-state index contributed by atoms with van der Waals surface area (Å²) < 4.78 is 10.6. The van der Waals surface area contributed by atoms with Crippen molar-refractivity contribution >= 4 is 40.6 Å². The summed E-state index contributed by atoms with van der Waals surface area (Å²) in [6.07, 6.45) is 0. The molecule has 0 aliphatic carbocycles. The van der Waals surface area contributed by atoms with Crippen LogP contribution >= 0.6 is 11.3 Å².